The van der Waals surface area contributed by atoms with Crippen molar-refractivity contribution in [2.45, 2.75) is 103 Å². The summed E-state index contributed by atoms with van der Waals surface area (Å²) in [6.07, 6.45) is 18.1. The van der Waals surface area contributed by atoms with E-state index in [1.54, 1.807) is 0 Å². The van der Waals surface area contributed by atoms with Crippen LogP contribution < -0.4 is 11.3 Å². The number of nitrogens with two attached hydrogens (primary N) is 1. The van der Waals surface area contributed by atoms with Crippen molar-refractivity contribution in [2.24, 2.45) is 11.3 Å². The summed E-state index contributed by atoms with van der Waals surface area (Å²) in [7, 11) is 0. The topological polar surface area (TPSA) is 38.0 Å². The predicted octanol–water partition coefficient (Wildman–Crippen LogP) is 4.93. The highest BCUT2D eigenvalue weighted by Gasteiger charge is 2.43. The fraction of sp³-hybridized carbons (Fsp3) is 1.00. The molecule has 0 bridgehead atoms. The van der Waals surface area contributed by atoms with E-state index < -0.39 is 0 Å². The Morgan fingerprint density at radius 1 is 0.895 bits per heavy atom. The number of hydrogen-bond donors (Lipinski definition) is 2. The molecule has 0 spiro atoms. The van der Waals surface area contributed by atoms with E-state index in [0.717, 1.165) is 0 Å². The van der Waals surface area contributed by atoms with Crippen LogP contribution in [0.1, 0.15) is 97.3 Å². The molecule has 2 heteroatoms. The molecule has 1 saturated carbocycles. The molecule has 19 heavy (non-hydrogen) atoms. The highest BCUT2D eigenvalue weighted by molar-refractivity contribution is 4.97. The van der Waals surface area contributed by atoms with Gasteiger partial charge in [0.1, 0.15) is 0 Å². The van der Waals surface area contributed by atoms with E-state index in [9.17, 15) is 0 Å². The Balaban J connectivity index is 1.83. The molecule has 0 saturated heterocycles. The molecule has 1 fully saturated rings. The zero-order chi connectivity index (χ0) is 14.0. The third-order valence-electron chi connectivity index (χ3n) is 4.93. The molecule has 0 aromatic rings. The molecule has 0 amide bonds. The normalized spacial score (nSPS) is 18.5. The zero-order valence-corrected chi connectivity index (χ0v) is 13.3. The van der Waals surface area contributed by atoms with Crippen LogP contribution in [0.2, 0.25) is 0 Å². The van der Waals surface area contributed by atoms with Crippen molar-refractivity contribution >= 4 is 0 Å². The number of hydrogen-bond acceptors (Lipinski definition) is 2. The van der Waals surface area contributed by atoms with Gasteiger partial charge in [0.2, 0.25) is 0 Å². The third-order valence-corrected chi connectivity index (χ3v) is 4.93. The van der Waals surface area contributed by atoms with Crippen molar-refractivity contribution in [3.8, 4) is 0 Å². The molecule has 1 unspecified atom stereocenters. The standard InChI is InChI=1S/C17H36N2/c1-3-4-5-6-7-8-9-10-11-12-13-16(19-18)17(2)14-15-17/h16,19H,3-15,18H2,1-2H3. The summed E-state index contributed by atoms with van der Waals surface area (Å²) in [5.41, 5.74) is 3.56. The molecule has 1 aliphatic rings. The summed E-state index contributed by atoms with van der Waals surface area (Å²) in [4.78, 5) is 0. The van der Waals surface area contributed by atoms with Crippen molar-refractivity contribution < 1.29 is 0 Å². The maximum Gasteiger partial charge on any atom is 0.0264 e. The summed E-state index contributed by atoms with van der Waals surface area (Å²) in [5, 5.41) is 0. The van der Waals surface area contributed by atoms with Gasteiger partial charge in [0, 0.05) is 6.04 Å². The van der Waals surface area contributed by atoms with Crippen LogP contribution >= 0.6 is 0 Å². The van der Waals surface area contributed by atoms with Gasteiger partial charge in [-0.15, -0.1) is 0 Å². The van der Waals surface area contributed by atoms with Crippen molar-refractivity contribution in [2.75, 3.05) is 0 Å². The molecule has 2 nitrogen and oxygen atoms in total. The van der Waals surface area contributed by atoms with Gasteiger partial charge in [-0.05, 0) is 24.7 Å². The second-order valence-electron chi connectivity index (χ2n) is 6.84. The maximum absolute atomic E-state index is 5.67. The van der Waals surface area contributed by atoms with Crippen LogP contribution in [-0.2, 0) is 0 Å². The number of nitrogens with one attached hydrogen (secondary N) is 1. The van der Waals surface area contributed by atoms with Crippen molar-refractivity contribution in [3.63, 3.8) is 0 Å². The first kappa shape index (κ1) is 17.0. The fourth-order valence-corrected chi connectivity index (χ4v) is 3.01. The van der Waals surface area contributed by atoms with Gasteiger partial charge in [0.15, 0.2) is 0 Å². The van der Waals surface area contributed by atoms with Crippen LogP contribution in [0.5, 0.6) is 0 Å². The lowest BCUT2D eigenvalue weighted by atomic mass is 9.94. The highest BCUT2D eigenvalue weighted by Crippen LogP contribution is 2.49. The second-order valence-corrected chi connectivity index (χ2v) is 6.84. The van der Waals surface area contributed by atoms with E-state index in [0.29, 0.717) is 11.5 Å². The Morgan fingerprint density at radius 3 is 1.79 bits per heavy atom. The Morgan fingerprint density at radius 2 is 1.37 bits per heavy atom. The smallest absolute Gasteiger partial charge is 0.0264 e. The Hall–Kier alpha value is -0.0800. The molecule has 114 valence electrons. The van der Waals surface area contributed by atoms with Crippen LogP contribution in [0.3, 0.4) is 0 Å². The third kappa shape index (κ3) is 7.31. The summed E-state index contributed by atoms with van der Waals surface area (Å²) in [6.45, 7) is 4.65. The van der Waals surface area contributed by atoms with Crippen LogP contribution in [0.4, 0.5) is 0 Å². The first-order chi connectivity index (χ1) is 9.23. The molecular formula is C17H36N2. The molecule has 0 radical (unpaired) electrons. The molecule has 0 aromatic heterocycles. The van der Waals surface area contributed by atoms with Crippen LogP contribution in [0.25, 0.3) is 0 Å². The largest absolute Gasteiger partial charge is 0.271 e. The van der Waals surface area contributed by atoms with Crippen LogP contribution in [-0.4, -0.2) is 6.04 Å². The number of rotatable bonds is 13. The first-order valence-electron chi connectivity index (χ1n) is 8.69. The monoisotopic (exact) mass is 268 g/mol. The second kappa shape index (κ2) is 9.77. The lowest BCUT2D eigenvalue weighted by Gasteiger charge is -2.22. The van der Waals surface area contributed by atoms with E-state index in [2.05, 4.69) is 19.3 Å². The van der Waals surface area contributed by atoms with E-state index in [4.69, 9.17) is 5.84 Å². The van der Waals surface area contributed by atoms with Gasteiger partial charge >= 0.3 is 0 Å². The van der Waals surface area contributed by atoms with Gasteiger partial charge < -0.3 is 0 Å². The van der Waals surface area contributed by atoms with Crippen LogP contribution in [0.15, 0.2) is 0 Å². The molecule has 1 atom stereocenters. The molecule has 1 aliphatic carbocycles. The lowest BCUT2D eigenvalue weighted by molar-refractivity contribution is 0.330. The van der Waals surface area contributed by atoms with Gasteiger partial charge in [-0.25, -0.2) is 0 Å². The van der Waals surface area contributed by atoms with E-state index in [-0.39, 0.29) is 0 Å². The zero-order valence-electron chi connectivity index (χ0n) is 13.3. The van der Waals surface area contributed by atoms with Gasteiger partial charge in [-0.1, -0.05) is 78.1 Å². The molecule has 0 heterocycles. The fourth-order valence-electron chi connectivity index (χ4n) is 3.01. The maximum atomic E-state index is 5.67. The van der Waals surface area contributed by atoms with Gasteiger partial charge in [-0.2, -0.15) is 0 Å². The van der Waals surface area contributed by atoms with E-state index in [1.807, 2.05) is 0 Å². The summed E-state index contributed by atoms with van der Waals surface area (Å²) < 4.78 is 0. The molecule has 0 aromatic carbocycles. The quantitative estimate of drug-likeness (QED) is 0.282. The Bertz CT molecular complexity index is 211. The average molecular weight is 268 g/mol. The summed E-state index contributed by atoms with van der Waals surface area (Å²) in [6, 6.07) is 0.557. The summed E-state index contributed by atoms with van der Waals surface area (Å²) >= 11 is 0. The minimum atomic E-state index is 0.522. The molecule has 1 rings (SSSR count). The number of hydrazine groups is 1. The van der Waals surface area contributed by atoms with Crippen molar-refractivity contribution in [1.82, 2.24) is 5.43 Å². The average Bonchev–Trinajstić information content (AvgIpc) is 3.15. The molecular weight excluding hydrogens is 232 g/mol. The van der Waals surface area contributed by atoms with E-state index in [1.165, 1.54) is 83.5 Å². The van der Waals surface area contributed by atoms with Gasteiger partial charge in [0.25, 0.3) is 0 Å². The minimum Gasteiger partial charge on any atom is -0.271 e. The van der Waals surface area contributed by atoms with Crippen molar-refractivity contribution in [3.05, 3.63) is 0 Å². The summed E-state index contributed by atoms with van der Waals surface area (Å²) in [5.74, 6) is 5.67. The molecule has 0 aliphatic heterocycles. The van der Waals surface area contributed by atoms with E-state index >= 15 is 0 Å². The highest BCUT2D eigenvalue weighted by atomic mass is 15.2. The van der Waals surface area contributed by atoms with Gasteiger partial charge in [-0.3, -0.25) is 11.3 Å². The minimum absolute atomic E-state index is 0.522. The van der Waals surface area contributed by atoms with Gasteiger partial charge in [0.05, 0.1) is 0 Å². The van der Waals surface area contributed by atoms with Crippen LogP contribution in [0, 0.1) is 5.41 Å². The first-order valence-corrected chi connectivity index (χ1v) is 8.69. The lowest BCUT2D eigenvalue weighted by Crippen LogP contribution is -2.40. The SMILES string of the molecule is CCCCCCCCCCCCC(NN)C1(C)CC1. The Labute approximate surface area is 120 Å². The Kier molecular flexibility index (Phi) is 8.72. The molecule has 3 N–H and O–H groups in total. The predicted molar refractivity (Wildman–Crippen MR) is 84.9 cm³/mol. The van der Waals surface area contributed by atoms with Crippen molar-refractivity contribution in [1.29, 1.82) is 0 Å². The number of unbranched alkanes of at least 4 members (excludes halogenated alkanes) is 9.